The smallest absolute Gasteiger partial charge is 0.304 e. The monoisotopic (exact) mass is 350 g/mol. The second-order valence-electron chi connectivity index (χ2n) is 7.92. The summed E-state index contributed by atoms with van der Waals surface area (Å²) in [5.41, 5.74) is -0.637. The minimum atomic E-state index is -0.967. The fourth-order valence-electron chi connectivity index (χ4n) is 3.60. The molecule has 7 heteroatoms. The summed E-state index contributed by atoms with van der Waals surface area (Å²) in [6.45, 7) is 7.59. The first-order valence-electron chi connectivity index (χ1n) is 8.43. The van der Waals surface area contributed by atoms with Crippen molar-refractivity contribution >= 4 is 17.3 Å². The molecular weight excluding hydrogens is 324 g/mol. The Hall–Kier alpha value is -2.15. The van der Waals surface area contributed by atoms with Crippen LogP contribution in [0.1, 0.15) is 52.5 Å². The van der Waals surface area contributed by atoms with Gasteiger partial charge in [-0.2, -0.15) is 0 Å². The summed E-state index contributed by atoms with van der Waals surface area (Å²) in [7, 11) is 0. The lowest BCUT2D eigenvalue weighted by atomic mass is 9.81. The van der Waals surface area contributed by atoms with Crippen molar-refractivity contribution in [3.8, 4) is 0 Å². The molecule has 0 spiro atoms. The van der Waals surface area contributed by atoms with E-state index in [9.17, 15) is 20.0 Å². The number of carboxylic acid groups (broad SMARTS) is 1. The van der Waals surface area contributed by atoms with Crippen LogP contribution in [0.15, 0.2) is 18.2 Å². The van der Waals surface area contributed by atoms with Crippen molar-refractivity contribution in [2.45, 2.75) is 64.0 Å². The number of hydrogen-bond acceptors (Lipinski definition) is 5. The number of aliphatic carboxylic acids is 1. The summed E-state index contributed by atoms with van der Waals surface area (Å²) < 4.78 is 0. The molecule has 25 heavy (non-hydrogen) atoms. The number of benzene rings is 1. The number of nitro benzene ring substituents is 1. The number of anilines is 1. The predicted octanol–water partition coefficient (Wildman–Crippen LogP) is 3.09. The molecule has 1 atom stereocenters. The van der Waals surface area contributed by atoms with Gasteiger partial charge in [-0.15, -0.1) is 0 Å². The lowest BCUT2D eigenvalue weighted by molar-refractivity contribution is -0.384. The van der Waals surface area contributed by atoms with Crippen molar-refractivity contribution in [3.63, 3.8) is 0 Å². The maximum Gasteiger partial charge on any atom is 0.304 e. The number of carboxylic acids is 1. The summed E-state index contributed by atoms with van der Waals surface area (Å²) in [5.74, 6) is -0.946. The third-order valence-corrected chi connectivity index (χ3v) is 4.92. The minimum Gasteiger partial charge on any atom is -0.481 e. The largest absolute Gasteiger partial charge is 0.481 e. The summed E-state index contributed by atoms with van der Waals surface area (Å²) >= 11 is 0. The second kappa shape index (κ2) is 6.63. The van der Waals surface area contributed by atoms with Crippen molar-refractivity contribution in [2.24, 2.45) is 0 Å². The van der Waals surface area contributed by atoms with Gasteiger partial charge in [-0.1, -0.05) is 19.9 Å². The number of rotatable bonds is 6. The molecule has 7 nitrogen and oxygen atoms in total. The maximum absolute atomic E-state index is 11.6. The Kier molecular flexibility index (Phi) is 5.09. The van der Waals surface area contributed by atoms with E-state index in [1.54, 1.807) is 39.8 Å². The molecule has 1 saturated heterocycles. The predicted molar refractivity (Wildman–Crippen MR) is 95.0 cm³/mol. The van der Waals surface area contributed by atoms with E-state index in [2.05, 4.69) is 0 Å². The van der Waals surface area contributed by atoms with E-state index >= 15 is 0 Å². The van der Waals surface area contributed by atoms with Gasteiger partial charge in [-0.3, -0.25) is 14.9 Å². The molecule has 1 aromatic carbocycles. The molecule has 0 radical (unpaired) electrons. The molecule has 0 aliphatic carbocycles. The van der Waals surface area contributed by atoms with Gasteiger partial charge in [-0.05, 0) is 38.3 Å². The quantitative estimate of drug-likeness (QED) is 0.603. The maximum atomic E-state index is 11.6. The number of nitro groups is 1. The van der Waals surface area contributed by atoms with Crippen LogP contribution in [0.2, 0.25) is 0 Å². The Morgan fingerprint density at radius 1 is 1.36 bits per heavy atom. The molecule has 1 heterocycles. The SMILES string of the molecule is CC(C)(CC(=O)O)c1ccc(N2CCCC2C(C)(C)O)c([N+](=O)[O-])c1. The third kappa shape index (κ3) is 4.10. The van der Waals surface area contributed by atoms with Gasteiger partial charge in [0.1, 0.15) is 5.69 Å². The van der Waals surface area contributed by atoms with Crippen LogP contribution < -0.4 is 4.90 Å². The highest BCUT2D eigenvalue weighted by Crippen LogP contribution is 2.40. The van der Waals surface area contributed by atoms with Gasteiger partial charge in [0, 0.05) is 18.0 Å². The van der Waals surface area contributed by atoms with E-state index in [1.165, 1.54) is 6.07 Å². The zero-order chi connectivity index (χ0) is 19.0. The number of aliphatic hydroxyl groups is 1. The van der Waals surface area contributed by atoms with Crippen LogP contribution in [0.4, 0.5) is 11.4 Å². The van der Waals surface area contributed by atoms with E-state index in [0.717, 1.165) is 12.8 Å². The zero-order valence-electron chi connectivity index (χ0n) is 15.2. The van der Waals surface area contributed by atoms with Crippen molar-refractivity contribution in [2.75, 3.05) is 11.4 Å². The van der Waals surface area contributed by atoms with E-state index in [4.69, 9.17) is 5.11 Å². The summed E-state index contributed by atoms with van der Waals surface area (Å²) in [6, 6.07) is 4.72. The Labute approximate surface area is 147 Å². The molecule has 2 N–H and O–H groups in total. The van der Waals surface area contributed by atoms with Crippen LogP contribution >= 0.6 is 0 Å². The average molecular weight is 350 g/mol. The Morgan fingerprint density at radius 2 is 2.00 bits per heavy atom. The molecule has 138 valence electrons. The van der Waals surface area contributed by atoms with Gasteiger partial charge < -0.3 is 15.1 Å². The Morgan fingerprint density at radius 3 is 2.52 bits per heavy atom. The normalized spacial score (nSPS) is 18.4. The van der Waals surface area contributed by atoms with Crippen molar-refractivity contribution in [3.05, 3.63) is 33.9 Å². The minimum absolute atomic E-state index is 0.0490. The van der Waals surface area contributed by atoms with Crippen molar-refractivity contribution in [1.82, 2.24) is 0 Å². The first-order valence-corrected chi connectivity index (χ1v) is 8.43. The van der Waals surface area contributed by atoms with E-state index < -0.39 is 21.9 Å². The van der Waals surface area contributed by atoms with E-state index in [-0.39, 0.29) is 18.2 Å². The van der Waals surface area contributed by atoms with Gasteiger partial charge in [0.2, 0.25) is 0 Å². The van der Waals surface area contributed by atoms with Gasteiger partial charge in [0.05, 0.1) is 23.0 Å². The van der Waals surface area contributed by atoms with Crippen LogP contribution in [0.3, 0.4) is 0 Å². The standard InChI is InChI=1S/C18H26N2O5/c1-17(2,11-16(21)22)12-7-8-13(14(10-12)20(24)25)19-9-5-6-15(19)18(3,4)23/h7-8,10,15,23H,5-6,9,11H2,1-4H3,(H,21,22). The molecule has 1 fully saturated rings. The lowest BCUT2D eigenvalue weighted by Crippen LogP contribution is -2.46. The number of nitrogens with zero attached hydrogens (tertiary/aromatic N) is 2. The molecule has 1 aliphatic rings. The summed E-state index contributed by atoms with van der Waals surface area (Å²) in [6.07, 6.45) is 1.52. The average Bonchev–Trinajstić information content (AvgIpc) is 2.94. The van der Waals surface area contributed by atoms with Crippen LogP contribution in [0, 0.1) is 10.1 Å². The third-order valence-electron chi connectivity index (χ3n) is 4.92. The highest BCUT2D eigenvalue weighted by Gasteiger charge is 2.39. The van der Waals surface area contributed by atoms with Crippen LogP contribution in [-0.2, 0) is 10.2 Å². The zero-order valence-corrected chi connectivity index (χ0v) is 15.2. The van der Waals surface area contributed by atoms with Crippen LogP contribution in [0.25, 0.3) is 0 Å². The molecular formula is C18H26N2O5. The first kappa shape index (κ1) is 19.2. The number of carbonyl (C=O) groups is 1. The van der Waals surface area contributed by atoms with Gasteiger partial charge in [0.25, 0.3) is 5.69 Å². The van der Waals surface area contributed by atoms with Crippen molar-refractivity contribution in [1.29, 1.82) is 0 Å². The van der Waals surface area contributed by atoms with Gasteiger partial charge >= 0.3 is 5.97 Å². The molecule has 1 unspecified atom stereocenters. The fraction of sp³-hybridized carbons (Fsp3) is 0.611. The van der Waals surface area contributed by atoms with Crippen molar-refractivity contribution < 1.29 is 19.9 Å². The molecule has 0 amide bonds. The highest BCUT2D eigenvalue weighted by atomic mass is 16.6. The Bertz CT molecular complexity index is 679. The van der Waals surface area contributed by atoms with E-state index in [1.807, 2.05) is 4.90 Å². The summed E-state index contributed by atoms with van der Waals surface area (Å²) in [5, 5.41) is 31.1. The molecule has 0 aromatic heterocycles. The molecule has 1 aromatic rings. The first-order chi connectivity index (χ1) is 11.4. The van der Waals surface area contributed by atoms with Gasteiger partial charge in [0.15, 0.2) is 0 Å². The molecule has 0 bridgehead atoms. The number of hydrogen-bond donors (Lipinski definition) is 2. The summed E-state index contributed by atoms with van der Waals surface area (Å²) in [4.78, 5) is 24.2. The highest BCUT2D eigenvalue weighted by molar-refractivity contribution is 5.70. The second-order valence-corrected chi connectivity index (χ2v) is 7.92. The molecule has 1 aliphatic heterocycles. The topological polar surface area (TPSA) is 104 Å². The lowest BCUT2D eigenvalue weighted by Gasteiger charge is -2.35. The van der Waals surface area contributed by atoms with Crippen LogP contribution in [0.5, 0.6) is 0 Å². The fourth-order valence-corrected chi connectivity index (χ4v) is 3.60. The molecule has 2 rings (SSSR count). The van der Waals surface area contributed by atoms with Gasteiger partial charge in [-0.25, -0.2) is 0 Å². The van der Waals surface area contributed by atoms with E-state index in [0.29, 0.717) is 17.8 Å². The Balaban J connectivity index is 2.47. The van der Waals surface area contributed by atoms with Crippen LogP contribution in [-0.4, -0.2) is 39.3 Å². The molecule has 0 saturated carbocycles.